The van der Waals surface area contributed by atoms with E-state index in [9.17, 15) is 4.79 Å². The monoisotopic (exact) mass is 357 g/mol. The van der Waals surface area contributed by atoms with E-state index in [1.807, 2.05) is 77.7 Å². The summed E-state index contributed by atoms with van der Waals surface area (Å²) in [6.07, 6.45) is 7.00. The van der Waals surface area contributed by atoms with Gasteiger partial charge in [0.2, 0.25) is 0 Å². The Morgan fingerprint density at radius 2 is 1.85 bits per heavy atom. The van der Waals surface area contributed by atoms with Crippen molar-refractivity contribution in [1.29, 1.82) is 0 Å². The largest absolute Gasteiger partial charge is 0.320 e. The summed E-state index contributed by atoms with van der Waals surface area (Å²) in [6.45, 7) is 3.90. The summed E-state index contributed by atoms with van der Waals surface area (Å²) in [5.41, 5.74) is 4.02. The van der Waals surface area contributed by atoms with Crippen LogP contribution in [-0.2, 0) is 0 Å². The molecule has 0 aliphatic heterocycles. The van der Waals surface area contributed by atoms with Crippen molar-refractivity contribution in [1.82, 2.24) is 19.1 Å². The van der Waals surface area contributed by atoms with Crippen LogP contribution in [0.25, 0.3) is 11.5 Å². The molecule has 0 fully saturated rings. The molecule has 3 heterocycles. The number of pyridine rings is 1. The number of imidazole rings is 1. The molecule has 3 aromatic heterocycles. The predicted octanol–water partition coefficient (Wildman–Crippen LogP) is 3.93. The minimum Gasteiger partial charge on any atom is -0.320 e. The fraction of sp³-hybridized carbons (Fsp3) is 0.0952. The maximum atomic E-state index is 13.0. The third-order valence-electron chi connectivity index (χ3n) is 4.49. The van der Waals surface area contributed by atoms with Crippen molar-refractivity contribution in [3.8, 4) is 11.5 Å². The summed E-state index contributed by atoms with van der Waals surface area (Å²) in [7, 11) is 0. The van der Waals surface area contributed by atoms with Gasteiger partial charge < -0.3 is 14.5 Å². The van der Waals surface area contributed by atoms with E-state index < -0.39 is 0 Å². The summed E-state index contributed by atoms with van der Waals surface area (Å²) in [5.74, 6) is 0.642. The molecule has 1 amide bonds. The van der Waals surface area contributed by atoms with Crippen LogP contribution < -0.4 is 5.32 Å². The number of anilines is 1. The standard InChI is InChI=1S/C21H19N5O/c1-15-13-17(16(2)26(15)20-9-5-6-10-23-20)21(27)24-18-7-3-4-8-19(18)25-12-11-22-14-25/h3-14H,1-2H3,(H,24,27). The van der Waals surface area contributed by atoms with Crippen LogP contribution in [0.3, 0.4) is 0 Å². The number of amides is 1. The van der Waals surface area contributed by atoms with Gasteiger partial charge in [0.1, 0.15) is 5.82 Å². The minimum atomic E-state index is -0.155. The molecule has 1 aromatic carbocycles. The molecular formula is C21H19N5O. The highest BCUT2D eigenvalue weighted by atomic mass is 16.1. The Balaban J connectivity index is 1.68. The van der Waals surface area contributed by atoms with Gasteiger partial charge in [0.15, 0.2) is 0 Å². The Kier molecular flexibility index (Phi) is 4.30. The summed E-state index contributed by atoms with van der Waals surface area (Å²) in [6, 6.07) is 15.3. The van der Waals surface area contributed by atoms with E-state index in [2.05, 4.69) is 15.3 Å². The van der Waals surface area contributed by atoms with Crippen LogP contribution in [0.15, 0.2) is 73.4 Å². The summed E-state index contributed by atoms with van der Waals surface area (Å²) < 4.78 is 3.85. The van der Waals surface area contributed by atoms with Crippen molar-refractivity contribution >= 4 is 11.6 Å². The lowest BCUT2D eigenvalue weighted by Gasteiger charge is -2.12. The fourth-order valence-electron chi connectivity index (χ4n) is 3.23. The number of carbonyl (C=O) groups is 1. The van der Waals surface area contributed by atoms with E-state index in [-0.39, 0.29) is 5.91 Å². The number of hydrogen-bond donors (Lipinski definition) is 1. The van der Waals surface area contributed by atoms with Gasteiger partial charge in [0, 0.05) is 30.0 Å². The molecule has 4 rings (SSSR count). The second-order valence-corrected chi connectivity index (χ2v) is 6.25. The van der Waals surface area contributed by atoms with E-state index in [1.54, 1.807) is 18.7 Å². The number of nitrogens with one attached hydrogen (secondary N) is 1. The van der Waals surface area contributed by atoms with Gasteiger partial charge in [-0.05, 0) is 44.2 Å². The third-order valence-corrected chi connectivity index (χ3v) is 4.49. The van der Waals surface area contributed by atoms with Gasteiger partial charge in [-0.25, -0.2) is 9.97 Å². The molecule has 0 radical (unpaired) electrons. The molecule has 0 atom stereocenters. The average molecular weight is 357 g/mol. The van der Waals surface area contributed by atoms with Crippen molar-refractivity contribution in [2.45, 2.75) is 13.8 Å². The first kappa shape index (κ1) is 16.8. The first-order valence-electron chi connectivity index (χ1n) is 8.64. The summed E-state index contributed by atoms with van der Waals surface area (Å²) in [4.78, 5) is 21.5. The van der Waals surface area contributed by atoms with Crippen LogP contribution in [-0.4, -0.2) is 25.0 Å². The van der Waals surface area contributed by atoms with Gasteiger partial charge >= 0.3 is 0 Å². The third kappa shape index (κ3) is 3.13. The molecule has 0 bridgehead atoms. The number of nitrogens with zero attached hydrogens (tertiary/aromatic N) is 4. The molecule has 1 N–H and O–H groups in total. The quantitative estimate of drug-likeness (QED) is 0.602. The molecule has 4 aromatic rings. The molecule has 6 nitrogen and oxygen atoms in total. The second-order valence-electron chi connectivity index (χ2n) is 6.25. The first-order valence-corrected chi connectivity index (χ1v) is 8.64. The van der Waals surface area contributed by atoms with E-state index in [0.29, 0.717) is 5.56 Å². The average Bonchev–Trinajstić information content (AvgIpc) is 3.31. The Morgan fingerprint density at radius 1 is 1.04 bits per heavy atom. The number of aromatic nitrogens is 4. The zero-order chi connectivity index (χ0) is 18.8. The Labute approximate surface area is 157 Å². The maximum Gasteiger partial charge on any atom is 0.257 e. The lowest BCUT2D eigenvalue weighted by atomic mass is 10.2. The zero-order valence-corrected chi connectivity index (χ0v) is 15.1. The van der Waals surface area contributed by atoms with Crippen LogP contribution in [0.5, 0.6) is 0 Å². The minimum absolute atomic E-state index is 0.155. The topological polar surface area (TPSA) is 64.7 Å². The number of aryl methyl sites for hydroxylation is 1. The summed E-state index contributed by atoms with van der Waals surface area (Å²) in [5, 5.41) is 3.03. The van der Waals surface area contributed by atoms with E-state index in [1.165, 1.54) is 0 Å². The van der Waals surface area contributed by atoms with Gasteiger partial charge in [-0.2, -0.15) is 0 Å². The lowest BCUT2D eigenvalue weighted by Crippen LogP contribution is -2.14. The predicted molar refractivity (Wildman–Crippen MR) is 105 cm³/mol. The van der Waals surface area contributed by atoms with Gasteiger partial charge in [-0.1, -0.05) is 18.2 Å². The van der Waals surface area contributed by atoms with Crippen molar-refractivity contribution in [3.63, 3.8) is 0 Å². The summed E-state index contributed by atoms with van der Waals surface area (Å²) >= 11 is 0. The molecule has 134 valence electrons. The van der Waals surface area contributed by atoms with Crippen LogP contribution in [0.4, 0.5) is 5.69 Å². The molecule has 0 spiro atoms. The number of para-hydroxylation sites is 2. The molecule has 0 saturated heterocycles. The van der Waals surface area contributed by atoms with Gasteiger partial charge in [-0.3, -0.25) is 4.79 Å². The first-order chi connectivity index (χ1) is 13.1. The molecule has 0 unspecified atom stereocenters. The molecule has 0 aliphatic carbocycles. The van der Waals surface area contributed by atoms with Crippen LogP contribution in [0.2, 0.25) is 0 Å². The van der Waals surface area contributed by atoms with Crippen molar-refractivity contribution in [2.24, 2.45) is 0 Å². The van der Waals surface area contributed by atoms with E-state index in [4.69, 9.17) is 0 Å². The Hall–Kier alpha value is -3.67. The lowest BCUT2D eigenvalue weighted by molar-refractivity contribution is 0.102. The highest BCUT2D eigenvalue weighted by molar-refractivity contribution is 6.06. The van der Waals surface area contributed by atoms with Crippen LogP contribution in [0, 0.1) is 13.8 Å². The highest BCUT2D eigenvalue weighted by Gasteiger charge is 2.18. The molecule has 27 heavy (non-hydrogen) atoms. The highest BCUT2D eigenvalue weighted by Crippen LogP contribution is 2.23. The van der Waals surface area contributed by atoms with Gasteiger partial charge in [0.05, 0.1) is 23.3 Å². The van der Waals surface area contributed by atoms with Gasteiger partial charge in [-0.15, -0.1) is 0 Å². The molecular weight excluding hydrogens is 338 g/mol. The zero-order valence-electron chi connectivity index (χ0n) is 15.1. The number of carbonyl (C=O) groups excluding carboxylic acids is 1. The van der Waals surface area contributed by atoms with Gasteiger partial charge in [0.25, 0.3) is 5.91 Å². The van der Waals surface area contributed by atoms with E-state index >= 15 is 0 Å². The maximum absolute atomic E-state index is 13.0. The Morgan fingerprint density at radius 3 is 2.59 bits per heavy atom. The molecule has 6 heteroatoms. The molecule has 0 aliphatic rings. The fourth-order valence-corrected chi connectivity index (χ4v) is 3.23. The number of benzene rings is 1. The normalized spacial score (nSPS) is 10.7. The van der Waals surface area contributed by atoms with Crippen molar-refractivity contribution in [3.05, 3.63) is 90.4 Å². The van der Waals surface area contributed by atoms with E-state index in [0.717, 1.165) is 28.6 Å². The number of hydrogen-bond acceptors (Lipinski definition) is 3. The van der Waals surface area contributed by atoms with Crippen LogP contribution >= 0.6 is 0 Å². The second kappa shape index (κ2) is 6.92. The van der Waals surface area contributed by atoms with Crippen molar-refractivity contribution in [2.75, 3.05) is 5.32 Å². The smallest absolute Gasteiger partial charge is 0.257 e. The van der Waals surface area contributed by atoms with Crippen molar-refractivity contribution < 1.29 is 4.79 Å². The SMILES string of the molecule is Cc1cc(C(=O)Nc2ccccc2-n2ccnc2)c(C)n1-c1ccccn1. The molecule has 0 saturated carbocycles. The van der Waals surface area contributed by atoms with Crippen LogP contribution in [0.1, 0.15) is 21.7 Å². The Bertz CT molecular complexity index is 1080. The number of rotatable bonds is 4.